The number of halogens is 2. The summed E-state index contributed by atoms with van der Waals surface area (Å²) in [6.07, 6.45) is 3.10. The van der Waals surface area contributed by atoms with E-state index in [2.05, 4.69) is 13.0 Å². The summed E-state index contributed by atoms with van der Waals surface area (Å²) in [6.45, 7) is 2.10. The zero-order chi connectivity index (χ0) is 8.72. The first-order chi connectivity index (χ1) is 5.66. The van der Waals surface area contributed by atoms with Crippen LogP contribution in [0.2, 0.25) is 10.0 Å². The predicted molar refractivity (Wildman–Crippen MR) is 53.8 cm³/mol. The Morgan fingerprint density at radius 2 is 2.00 bits per heavy atom. The summed E-state index contributed by atoms with van der Waals surface area (Å²) in [6, 6.07) is 3.77. The fraction of sp³-hybridized carbons (Fsp3) is 0.200. The molecule has 0 saturated carbocycles. The second kappa shape index (κ2) is 2.79. The highest BCUT2D eigenvalue weighted by molar-refractivity contribution is 6.35. The van der Waals surface area contributed by atoms with Crippen molar-refractivity contribution in [2.45, 2.75) is 13.3 Å². The van der Waals surface area contributed by atoms with Gasteiger partial charge in [-0.15, -0.1) is 0 Å². The number of rotatable bonds is 0. The monoisotopic (exact) mass is 198 g/mol. The Kier molecular flexibility index (Phi) is 1.90. The lowest BCUT2D eigenvalue weighted by Gasteiger charge is -2.01. The van der Waals surface area contributed by atoms with Gasteiger partial charge in [0.25, 0.3) is 0 Å². The van der Waals surface area contributed by atoms with Crippen molar-refractivity contribution in [3.05, 3.63) is 38.9 Å². The van der Waals surface area contributed by atoms with E-state index in [0.717, 1.165) is 22.0 Å². The van der Waals surface area contributed by atoms with E-state index in [1.54, 1.807) is 6.07 Å². The van der Waals surface area contributed by atoms with Gasteiger partial charge in [-0.1, -0.05) is 34.9 Å². The van der Waals surface area contributed by atoms with Crippen molar-refractivity contribution in [3.63, 3.8) is 0 Å². The smallest absolute Gasteiger partial charge is 0.0496 e. The molecule has 1 aromatic rings. The molecule has 0 amide bonds. The Morgan fingerprint density at radius 3 is 2.75 bits per heavy atom. The first-order valence-corrected chi connectivity index (χ1v) is 4.57. The maximum Gasteiger partial charge on any atom is 0.0496 e. The zero-order valence-corrected chi connectivity index (χ0v) is 8.21. The minimum absolute atomic E-state index is 0.724. The van der Waals surface area contributed by atoms with E-state index in [0.29, 0.717) is 0 Å². The molecule has 0 spiro atoms. The lowest BCUT2D eigenvalue weighted by atomic mass is 10.1. The van der Waals surface area contributed by atoms with Crippen LogP contribution in [0.3, 0.4) is 0 Å². The van der Waals surface area contributed by atoms with Gasteiger partial charge in [-0.25, -0.2) is 0 Å². The average Bonchev–Trinajstić information content (AvgIpc) is 2.29. The summed E-state index contributed by atoms with van der Waals surface area (Å²) >= 11 is 11.9. The molecule has 12 heavy (non-hydrogen) atoms. The van der Waals surface area contributed by atoms with Crippen molar-refractivity contribution >= 4 is 29.3 Å². The van der Waals surface area contributed by atoms with Crippen LogP contribution in [-0.4, -0.2) is 0 Å². The summed E-state index contributed by atoms with van der Waals surface area (Å²) < 4.78 is 0. The lowest BCUT2D eigenvalue weighted by Crippen LogP contribution is -1.83. The minimum atomic E-state index is 0.724. The van der Waals surface area contributed by atoms with Crippen LogP contribution in [0.1, 0.15) is 18.1 Å². The molecule has 0 radical (unpaired) electrons. The Labute approximate surface area is 81.8 Å². The summed E-state index contributed by atoms with van der Waals surface area (Å²) in [5.74, 6) is 0. The van der Waals surface area contributed by atoms with Crippen molar-refractivity contribution < 1.29 is 0 Å². The Hall–Kier alpha value is -0.460. The van der Waals surface area contributed by atoms with Gasteiger partial charge in [0.1, 0.15) is 0 Å². The molecule has 0 saturated heterocycles. The van der Waals surface area contributed by atoms with E-state index in [1.807, 2.05) is 6.07 Å². The van der Waals surface area contributed by atoms with E-state index < -0.39 is 0 Å². The van der Waals surface area contributed by atoms with Crippen molar-refractivity contribution in [2.24, 2.45) is 0 Å². The molecule has 0 atom stereocenters. The highest BCUT2D eigenvalue weighted by Gasteiger charge is 2.13. The molecule has 0 aromatic heterocycles. The van der Waals surface area contributed by atoms with E-state index in [1.165, 1.54) is 11.1 Å². The second-order valence-electron chi connectivity index (χ2n) is 3.13. The molecule has 1 aliphatic rings. The number of benzene rings is 1. The Morgan fingerprint density at radius 1 is 1.25 bits per heavy atom. The van der Waals surface area contributed by atoms with Crippen LogP contribution in [-0.2, 0) is 6.42 Å². The molecule has 2 heteroatoms. The molecule has 0 aliphatic heterocycles. The van der Waals surface area contributed by atoms with Crippen LogP contribution >= 0.6 is 23.2 Å². The number of hydrogen-bond acceptors (Lipinski definition) is 0. The van der Waals surface area contributed by atoms with Gasteiger partial charge in [0, 0.05) is 10.0 Å². The molecule has 0 N–H and O–H groups in total. The van der Waals surface area contributed by atoms with Crippen molar-refractivity contribution in [1.82, 2.24) is 0 Å². The lowest BCUT2D eigenvalue weighted by molar-refractivity contribution is 1.20. The molecular formula is C10H8Cl2. The van der Waals surface area contributed by atoms with Crippen molar-refractivity contribution in [3.8, 4) is 0 Å². The fourth-order valence-corrected chi connectivity index (χ4v) is 2.13. The van der Waals surface area contributed by atoms with E-state index in [9.17, 15) is 0 Å². The standard InChI is InChI=1S/C10H8Cl2/c1-6-2-7-4-8(11)5-10(12)9(7)3-6/h3-5H,2H2,1H3. The quantitative estimate of drug-likeness (QED) is 0.593. The molecule has 0 fully saturated rings. The first-order valence-electron chi connectivity index (χ1n) is 3.82. The molecule has 0 bridgehead atoms. The van der Waals surface area contributed by atoms with Gasteiger partial charge >= 0.3 is 0 Å². The van der Waals surface area contributed by atoms with Gasteiger partial charge in [0.05, 0.1) is 0 Å². The number of allylic oxidation sites excluding steroid dienone is 1. The van der Waals surface area contributed by atoms with Crippen LogP contribution in [0.15, 0.2) is 17.7 Å². The summed E-state index contributed by atoms with van der Waals surface area (Å²) in [5, 5.41) is 1.48. The molecule has 62 valence electrons. The Bertz CT molecular complexity index is 364. The highest BCUT2D eigenvalue weighted by atomic mass is 35.5. The highest BCUT2D eigenvalue weighted by Crippen LogP contribution is 2.33. The van der Waals surface area contributed by atoms with Crippen LogP contribution in [0, 0.1) is 0 Å². The topological polar surface area (TPSA) is 0 Å². The third kappa shape index (κ3) is 1.26. The van der Waals surface area contributed by atoms with E-state index >= 15 is 0 Å². The Balaban J connectivity index is 2.62. The molecule has 0 nitrogen and oxygen atoms in total. The van der Waals surface area contributed by atoms with Crippen molar-refractivity contribution in [2.75, 3.05) is 0 Å². The van der Waals surface area contributed by atoms with Crippen LogP contribution in [0.5, 0.6) is 0 Å². The molecule has 0 heterocycles. The molecule has 1 aliphatic carbocycles. The molecule has 0 unspecified atom stereocenters. The van der Waals surface area contributed by atoms with Gasteiger partial charge in [0.2, 0.25) is 0 Å². The van der Waals surface area contributed by atoms with Crippen LogP contribution in [0.25, 0.3) is 6.08 Å². The SMILES string of the molecule is CC1=Cc2c(Cl)cc(Cl)cc2C1. The zero-order valence-electron chi connectivity index (χ0n) is 6.70. The van der Waals surface area contributed by atoms with Gasteiger partial charge in [-0.05, 0) is 36.6 Å². The summed E-state index contributed by atoms with van der Waals surface area (Å²) in [4.78, 5) is 0. The third-order valence-corrected chi connectivity index (χ3v) is 2.57. The maximum absolute atomic E-state index is 6.01. The predicted octanol–water partition coefficient (Wildman–Crippen LogP) is 3.95. The average molecular weight is 199 g/mol. The normalized spacial score (nSPS) is 14.4. The first kappa shape index (κ1) is 8.15. The van der Waals surface area contributed by atoms with Gasteiger partial charge in [-0.3, -0.25) is 0 Å². The van der Waals surface area contributed by atoms with Gasteiger partial charge in [0.15, 0.2) is 0 Å². The van der Waals surface area contributed by atoms with E-state index in [4.69, 9.17) is 23.2 Å². The number of hydrogen-bond donors (Lipinski definition) is 0. The molecular weight excluding hydrogens is 191 g/mol. The van der Waals surface area contributed by atoms with E-state index in [-0.39, 0.29) is 0 Å². The molecule has 2 rings (SSSR count). The minimum Gasteiger partial charge on any atom is -0.0843 e. The summed E-state index contributed by atoms with van der Waals surface area (Å²) in [5.41, 5.74) is 3.72. The number of fused-ring (bicyclic) bond motifs is 1. The molecule has 1 aromatic carbocycles. The fourth-order valence-electron chi connectivity index (χ4n) is 1.54. The van der Waals surface area contributed by atoms with Gasteiger partial charge < -0.3 is 0 Å². The second-order valence-corrected chi connectivity index (χ2v) is 3.97. The largest absolute Gasteiger partial charge is 0.0843 e. The summed E-state index contributed by atoms with van der Waals surface area (Å²) in [7, 11) is 0. The van der Waals surface area contributed by atoms with Gasteiger partial charge in [-0.2, -0.15) is 0 Å². The van der Waals surface area contributed by atoms with Crippen LogP contribution in [0.4, 0.5) is 0 Å². The van der Waals surface area contributed by atoms with Crippen molar-refractivity contribution in [1.29, 1.82) is 0 Å². The third-order valence-electron chi connectivity index (χ3n) is 2.04. The maximum atomic E-state index is 6.01. The van der Waals surface area contributed by atoms with Crippen LogP contribution < -0.4 is 0 Å².